The van der Waals surface area contributed by atoms with Gasteiger partial charge < -0.3 is 25.2 Å². The lowest BCUT2D eigenvalue weighted by atomic mass is 10.1. The van der Waals surface area contributed by atoms with E-state index in [1.165, 1.54) is 0 Å². The molecule has 10 nitrogen and oxygen atoms in total. The summed E-state index contributed by atoms with van der Waals surface area (Å²) >= 11 is 8.27. The number of carbonyl (C=O) groups excluding carboxylic acids is 1. The molecule has 3 aromatic heterocycles. The molecule has 1 aromatic carbocycles. The van der Waals surface area contributed by atoms with Crippen LogP contribution in [0.3, 0.4) is 0 Å². The predicted octanol–water partition coefficient (Wildman–Crippen LogP) is 3.28. The first-order chi connectivity index (χ1) is 18.5. The zero-order valence-corrected chi connectivity index (χ0v) is 22.5. The van der Waals surface area contributed by atoms with Crippen LogP contribution in [-0.2, 0) is 4.74 Å². The number of nitrogen functional groups attached to an aromatic ring is 1. The van der Waals surface area contributed by atoms with Gasteiger partial charge >= 0.3 is 0 Å². The van der Waals surface area contributed by atoms with E-state index in [0.29, 0.717) is 48.3 Å². The second-order valence-electron chi connectivity index (χ2n) is 9.42. The van der Waals surface area contributed by atoms with Gasteiger partial charge in [-0.05, 0) is 30.8 Å². The van der Waals surface area contributed by atoms with E-state index in [-0.39, 0.29) is 11.9 Å². The Morgan fingerprint density at radius 2 is 1.74 bits per heavy atom. The lowest BCUT2D eigenvalue weighted by Crippen LogP contribution is -2.47. The van der Waals surface area contributed by atoms with Crippen molar-refractivity contribution in [2.75, 3.05) is 70.2 Å². The van der Waals surface area contributed by atoms with Gasteiger partial charge in [0.05, 0.1) is 39.6 Å². The normalized spacial score (nSPS) is 16.8. The Labute approximate surface area is 229 Å². The first-order valence-electron chi connectivity index (χ1n) is 12.5. The Morgan fingerprint density at radius 1 is 1.00 bits per heavy atom. The van der Waals surface area contributed by atoms with Gasteiger partial charge in [0, 0.05) is 56.5 Å². The monoisotopic (exact) mass is 550 g/mol. The highest BCUT2D eigenvalue weighted by Gasteiger charge is 2.24. The van der Waals surface area contributed by atoms with Crippen molar-refractivity contribution in [3.8, 4) is 21.8 Å². The molecule has 6 rings (SSSR count). The summed E-state index contributed by atoms with van der Waals surface area (Å²) < 4.78 is 6.55. The number of hydrogen-bond acceptors (Lipinski definition) is 10. The Balaban J connectivity index is 1.37. The Hall–Kier alpha value is -3.38. The molecule has 38 heavy (non-hydrogen) atoms. The number of fused-ring (bicyclic) bond motifs is 1. The summed E-state index contributed by atoms with van der Waals surface area (Å²) in [5, 5.41) is 0.447. The summed E-state index contributed by atoms with van der Waals surface area (Å²) in [7, 11) is 2.07. The van der Waals surface area contributed by atoms with Crippen LogP contribution in [0.2, 0.25) is 5.02 Å². The molecule has 5 heterocycles. The molecule has 0 bridgehead atoms. The fourth-order valence-corrected chi connectivity index (χ4v) is 6.02. The summed E-state index contributed by atoms with van der Waals surface area (Å²) in [5.41, 5.74) is 8.65. The highest BCUT2D eigenvalue weighted by molar-refractivity contribution is 7.22. The fraction of sp³-hybridized carbons (Fsp3) is 0.346. The molecule has 2 N–H and O–H groups in total. The van der Waals surface area contributed by atoms with Crippen LogP contribution in [0.15, 0.2) is 36.7 Å². The number of anilines is 2. The second-order valence-corrected chi connectivity index (χ2v) is 10.9. The van der Waals surface area contributed by atoms with Crippen LogP contribution in [0.5, 0.6) is 0 Å². The molecule has 0 radical (unpaired) electrons. The summed E-state index contributed by atoms with van der Waals surface area (Å²) in [6, 6.07) is 7.69. The molecular weight excluding hydrogens is 524 g/mol. The van der Waals surface area contributed by atoms with Crippen LogP contribution >= 0.6 is 22.9 Å². The molecule has 0 saturated carbocycles. The van der Waals surface area contributed by atoms with Gasteiger partial charge in [0.2, 0.25) is 5.95 Å². The second kappa shape index (κ2) is 10.4. The number of hydrogen-bond donors (Lipinski definition) is 1. The van der Waals surface area contributed by atoms with Crippen molar-refractivity contribution in [3.05, 3.63) is 47.2 Å². The summed E-state index contributed by atoms with van der Waals surface area (Å²) in [4.78, 5) is 38.4. The first-order valence-corrected chi connectivity index (χ1v) is 13.7. The predicted molar refractivity (Wildman–Crippen MR) is 150 cm³/mol. The van der Waals surface area contributed by atoms with E-state index in [0.717, 1.165) is 52.7 Å². The van der Waals surface area contributed by atoms with Crippen molar-refractivity contribution in [3.63, 3.8) is 0 Å². The van der Waals surface area contributed by atoms with Crippen molar-refractivity contribution in [2.24, 2.45) is 0 Å². The number of halogens is 1. The van der Waals surface area contributed by atoms with Crippen molar-refractivity contribution < 1.29 is 9.53 Å². The Bertz CT molecular complexity index is 1480. The van der Waals surface area contributed by atoms with Gasteiger partial charge in [0.25, 0.3) is 5.91 Å². The van der Waals surface area contributed by atoms with Crippen LogP contribution in [0.25, 0.3) is 32.0 Å². The van der Waals surface area contributed by atoms with Crippen molar-refractivity contribution >= 4 is 50.8 Å². The Morgan fingerprint density at radius 3 is 2.45 bits per heavy atom. The van der Waals surface area contributed by atoms with Crippen molar-refractivity contribution in [1.29, 1.82) is 0 Å². The van der Waals surface area contributed by atoms with Gasteiger partial charge in [0.15, 0.2) is 11.6 Å². The number of ether oxygens (including phenoxy) is 1. The standard InChI is InChI=1S/C26H27ClN8O2S/c1-33-4-6-35(7-5-33)25(36)18-3-2-16(12-19(18)27)21-13-20-22(38-21)24(34-8-10-37-11-9-34)32-23(31-20)17-14-29-26(28)30-15-17/h2-3,12-15H,4-11H2,1H3,(H2,28,29,30). The van der Waals surface area contributed by atoms with E-state index in [4.69, 9.17) is 32.0 Å². The van der Waals surface area contributed by atoms with Crippen LogP contribution in [-0.4, -0.2) is 95.2 Å². The lowest BCUT2D eigenvalue weighted by molar-refractivity contribution is 0.0664. The van der Waals surface area contributed by atoms with Crippen LogP contribution in [0.4, 0.5) is 11.8 Å². The number of nitrogens with two attached hydrogens (primary N) is 1. The molecule has 0 atom stereocenters. The van der Waals surface area contributed by atoms with Gasteiger partial charge in [-0.2, -0.15) is 0 Å². The van der Waals surface area contributed by atoms with E-state index < -0.39 is 0 Å². The average Bonchev–Trinajstić information content (AvgIpc) is 3.38. The number of morpholine rings is 1. The van der Waals surface area contributed by atoms with Crippen molar-refractivity contribution in [1.82, 2.24) is 29.7 Å². The van der Waals surface area contributed by atoms with Crippen LogP contribution in [0, 0.1) is 0 Å². The maximum Gasteiger partial charge on any atom is 0.255 e. The number of thiophene rings is 1. The van der Waals surface area contributed by atoms with E-state index in [1.54, 1.807) is 23.7 Å². The maximum atomic E-state index is 13.1. The molecule has 4 aromatic rings. The largest absolute Gasteiger partial charge is 0.378 e. The minimum Gasteiger partial charge on any atom is -0.378 e. The van der Waals surface area contributed by atoms with Gasteiger partial charge in [0.1, 0.15) is 0 Å². The van der Waals surface area contributed by atoms with Gasteiger partial charge in [-0.25, -0.2) is 19.9 Å². The van der Waals surface area contributed by atoms with E-state index in [9.17, 15) is 4.79 Å². The molecule has 1 amide bonds. The molecule has 0 spiro atoms. The zero-order valence-electron chi connectivity index (χ0n) is 20.9. The number of piperazine rings is 1. The summed E-state index contributed by atoms with van der Waals surface area (Å²) in [6.07, 6.45) is 3.27. The number of likely N-dealkylation sites (N-methyl/N-ethyl adjacent to an activating group) is 1. The molecule has 2 aliphatic heterocycles. The lowest BCUT2D eigenvalue weighted by Gasteiger charge is -2.32. The number of amides is 1. The minimum absolute atomic E-state index is 0.0261. The molecule has 12 heteroatoms. The number of rotatable bonds is 4. The molecule has 0 unspecified atom stereocenters. The van der Waals surface area contributed by atoms with Gasteiger partial charge in [-0.3, -0.25) is 4.79 Å². The topological polar surface area (TPSA) is 114 Å². The molecule has 0 aliphatic carbocycles. The minimum atomic E-state index is -0.0261. The number of nitrogens with zero attached hydrogens (tertiary/aromatic N) is 7. The highest BCUT2D eigenvalue weighted by atomic mass is 35.5. The number of benzene rings is 1. The van der Waals surface area contributed by atoms with E-state index in [2.05, 4.69) is 26.8 Å². The van der Waals surface area contributed by atoms with Crippen LogP contribution < -0.4 is 10.6 Å². The molecule has 196 valence electrons. The summed E-state index contributed by atoms with van der Waals surface area (Å²) in [6.45, 7) is 5.89. The smallest absolute Gasteiger partial charge is 0.255 e. The van der Waals surface area contributed by atoms with Gasteiger partial charge in [-0.1, -0.05) is 17.7 Å². The SMILES string of the molecule is CN1CCN(C(=O)c2ccc(-c3cc4nc(-c5cnc(N)nc5)nc(N5CCOCC5)c4s3)cc2Cl)CC1. The molecular formula is C26H27ClN8O2S. The van der Waals surface area contributed by atoms with E-state index >= 15 is 0 Å². The average molecular weight is 551 g/mol. The first kappa shape index (κ1) is 24.9. The number of aromatic nitrogens is 4. The third-order valence-electron chi connectivity index (χ3n) is 6.87. The van der Waals surface area contributed by atoms with Crippen molar-refractivity contribution in [2.45, 2.75) is 0 Å². The zero-order chi connectivity index (χ0) is 26.2. The Kier molecular flexibility index (Phi) is 6.83. The fourth-order valence-electron chi connectivity index (χ4n) is 4.65. The maximum absolute atomic E-state index is 13.1. The highest BCUT2D eigenvalue weighted by Crippen LogP contribution is 2.39. The van der Waals surface area contributed by atoms with Crippen LogP contribution in [0.1, 0.15) is 10.4 Å². The van der Waals surface area contributed by atoms with E-state index in [1.807, 2.05) is 29.2 Å². The number of carbonyl (C=O) groups is 1. The third-order valence-corrected chi connectivity index (χ3v) is 8.35. The quantitative estimate of drug-likeness (QED) is 0.409. The molecule has 2 fully saturated rings. The molecule has 2 aliphatic rings. The summed E-state index contributed by atoms with van der Waals surface area (Å²) in [5.74, 6) is 1.57. The molecule has 2 saturated heterocycles. The third kappa shape index (κ3) is 4.90. The van der Waals surface area contributed by atoms with Gasteiger partial charge in [-0.15, -0.1) is 11.3 Å².